The molecule has 0 aliphatic carbocycles. The molecule has 0 aliphatic heterocycles. The third-order valence-corrected chi connectivity index (χ3v) is 2.22. The Morgan fingerprint density at radius 3 is 3.12 bits per heavy atom. The van der Waals surface area contributed by atoms with Gasteiger partial charge in [0.1, 0.15) is 6.04 Å². The van der Waals surface area contributed by atoms with Gasteiger partial charge in [0.15, 0.2) is 5.82 Å². The number of nitrogens with two attached hydrogens (primary N) is 1. The van der Waals surface area contributed by atoms with Gasteiger partial charge in [-0.3, -0.25) is 4.79 Å². The summed E-state index contributed by atoms with van der Waals surface area (Å²) in [4.78, 5) is 11.1. The maximum absolute atomic E-state index is 11.1. The van der Waals surface area contributed by atoms with Gasteiger partial charge in [0, 0.05) is 6.42 Å². The second-order valence-electron chi connectivity index (χ2n) is 3.39. The van der Waals surface area contributed by atoms with Gasteiger partial charge >= 0.3 is 5.97 Å². The minimum absolute atomic E-state index is 0.334. The Morgan fingerprint density at radius 1 is 1.71 bits per heavy atom. The molecule has 0 spiro atoms. The van der Waals surface area contributed by atoms with E-state index in [0.29, 0.717) is 31.6 Å². The number of methoxy groups -OCH3 is 1. The molecule has 0 bridgehead atoms. The minimum Gasteiger partial charge on any atom is -0.468 e. The topological polar surface area (TPSA) is 120 Å². The lowest BCUT2D eigenvalue weighted by Gasteiger charge is -2.08. The van der Waals surface area contributed by atoms with E-state index in [1.807, 2.05) is 6.07 Å². The van der Waals surface area contributed by atoms with Crippen LogP contribution in [0, 0.1) is 11.3 Å². The van der Waals surface area contributed by atoms with Gasteiger partial charge in [0.25, 0.3) is 0 Å². The number of carbonyl (C=O) groups is 1. The van der Waals surface area contributed by atoms with Gasteiger partial charge in [-0.15, -0.1) is 5.10 Å². The first-order valence-corrected chi connectivity index (χ1v) is 5.14. The van der Waals surface area contributed by atoms with Crippen molar-refractivity contribution in [3.8, 4) is 6.07 Å². The van der Waals surface area contributed by atoms with E-state index in [4.69, 9.17) is 11.0 Å². The van der Waals surface area contributed by atoms with Crippen molar-refractivity contribution in [2.45, 2.75) is 31.8 Å². The maximum atomic E-state index is 11.1. The normalized spacial score (nSPS) is 11.8. The third kappa shape index (κ3) is 3.81. The number of hydrogen-bond acceptors (Lipinski definition) is 7. The van der Waals surface area contributed by atoms with Gasteiger partial charge in [0.05, 0.1) is 26.1 Å². The summed E-state index contributed by atoms with van der Waals surface area (Å²) in [6.07, 6.45) is 1.20. The number of carbonyl (C=O) groups excluding carboxylic acids is 1. The van der Waals surface area contributed by atoms with Crippen molar-refractivity contribution in [2.75, 3.05) is 7.11 Å². The molecule has 0 saturated heterocycles. The zero-order valence-corrected chi connectivity index (χ0v) is 9.54. The molecule has 0 radical (unpaired) electrons. The first-order valence-electron chi connectivity index (χ1n) is 5.14. The number of aromatic nitrogens is 4. The molecule has 0 aromatic carbocycles. The van der Waals surface area contributed by atoms with Gasteiger partial charge in [-0.25, -0.2) is 4.68 Å². The molecule has 17 heavy (non-hydrogen) atoms. The van der Waals surface area contributed by atoms with Gasteiger partial charge in [-0.1, -0.05) is 0 Å². The molecule has 8 heteroatoms. The lowest BCUT2D eigenvalue weighted by atomic mass is 10.1. The number of hydrogen-bond donors (Lipinski definition) is 1. The second kappa shape index (κ2) is 6.55. The molecule has 8 nitrogen and oxygen atoms in total. The van der Waals surface area contributed by atoms with Crippen LogP contribution in [0.1, 0.15) is 18.7 Å². The highest BCUT2D eigenvalue weighted by Crippen LogP contribution is 2.02. The number of ether oxygens (including phenoxy) is 1. The Bertz CT molecular complexity index is 410. The molecule has 0 fully saturated rings. The summed E-state index contributed by atoms with van der Waals surface area (Å²) in [5.41, 5.74) is 5.59. The number of nitriles is 1. The highest BCUT2D eigenvalue weighted by molar-refractivity contribution is 5.75. The summed E-state index contributed by atoms with van der Waals surface area (Å²) >= 11 is 0. The fourth-order valence-corrected chi connectivity index (χ4v) is 1.29. The molecule has 1 aromatic rings. The molecule has 1 unspecified atom stereocenters. The maximum Gasteiger partial charge on any atom is 0.322 e. The molecule has 0 amide bonds. The van der Waals surface area contributed by atoms with Crippen LogP contribution in [0.25, 0.3) is 0 Å². The van der Waals surface area contributed by atoms with Crippen molar-refractivity contribution in [1.82, 2.24) is 20.2 Å². The van der Waals surface area contributed by atoms with E-state index in [1.165, 1.54) is 11.8 Å². The van der Waals surface area contributed by atoms with Crippen LogP contribution in [-0.2, 0) is 22.5 Å². The van der Waals surface area contributed by atoms with Crippen LogP contribution in [0.4, 0.5) is 0 Å². The van der Waals surface area contributed by atoms with Crippen molar-refractivity contribution in [2.24, 2.45) is 5.73 Å². The predicted octanol–water partition coefficient (Wildman–Crippen LogP) is -0.980. The molecule has 1 heterocycles. The summed E-state index contributed by atoms with van der Waals surface area (Å²) in [6, 6.07) is 1.33. The van der Waals surface area contributed by atoms with E-state index in [-0.39, 0.29) is 0 Å². The lowest BCUT2D eigenvalue weighted by Crippen LogP contribution is -2.32. The van der Waals surface area contributed by atoms with Gasteiger partial charge in [0.2, 0.25) is 0 Å². The Labute approximate surface area is 98.3 Å². The molecule has 0 saturated carbocycles. The quantitative estimate of drug-likeness (QED) is 0.632. The van der Waals surface area contributed by atoms with Crippen LogP contribution < -0.4 is 5.73 Å². The van der Waals surface area contributed by atoms with E-state index >= 15 is 0 Å². The van der Waals surface area contributed by atoms with Crippen LogP contribution in [0.2, 0.25) is 0 Å². The van der Waals surface area contributed by atoms with Crippen LogP contribution in [0.5, 0.6) is 0 Å². The van der Waals surface area contributed by atoms with Crippen molar-refractivity contribution in [1.29, 1.82) is 5.26 Å². The number of tetrazole rings is 1. The zero-order valence-electron chi connectivity index (χ0n) is 9.54. The van der Waals surface area contributed by atoms with Gasteiger partial charge < -0.3 is 10.5 Å². The van der Waals surface area contributed by atoms with Crippen molar-refractivity contribution >= 4 is 5.97 Å². The number of aryl methyl sites for hydroxylation is 2. The molecule has 2 N–H and O–H groups in total. The standard InChI is InChI=1S/C9H14N6O2/c1-17-9(16)7(11)3-4-8-12-13-14-15(8)6-2-5-10/h7H,2-4,6,11H2,1H3. The smallest absolute Gasteiger partial charge is 0.322 e. The Morgan fingerprint density at radius 2 is 2.47 bits per heavy atom. The van der Waals surface area contributed by atoms with Crippen LogP contribution in [0.15, 0.2) is 0 Å². The van der Waals surface area contributed by atoms with Gasteiger partial charge in [-0.2, -0.15) is 5.26 Å². The molecule has 0 aliphatic rings. The van der Waals surface area contributed by atoms with Crippen molar-refractivity contribution in [3.05, 3.63) is 5.82 Å². The summed E-state index contributed by atoms with van der Waals surface area (Å²) in [7, 11) is 1.29. The predicted molar refractivity (Wildman–Crippen MR) is 56.4 cm³/mol. The second-order valence-corrected chi connectivity index (χ2v) is 3.39. The summed E-state index contributed by atoms with van der Waals surface area (Å²) in [5.74, 6) is 0.153. The largest absolute Gasteiger partial charge is 0.468 e. The molecule has 1 aromatic heterocycles. The average Bonchev–Trinajstić information content (AvgIpc) is 2.79. The van der Waals surface area contributed by atoms with Gasteiger partial charge in [-0.05, 0) is 16.8 Å². The van der Waals surface area contributed by atoms with E-state index in [2.05, 4.69) is 20.3 Å². The van der Waals surface area contributed by atoms with E-state index < -0.39 is 12.0 Å². The third-order valence-electron chi connectivity index (χ3n) is 2.22. The number of nitrogens with zero attached hydrogens (tertiary/aromatic N) is 5. The molecular formula is C9H14N6O2. The van der Waals surface area contributed by atoms with Crippen molar-refractivity contribution < 1.29 is 9.53 Å². The zero-order chi connectivity index (χ0) is 12.7. The fourth-order valence-electron chi connectivity index (χ4n) is 1.29. The Hall–Kier alpha value is -2.01. The van der Waals surface area contributed by atoms with Crippen LogP contribution in [0.3, 0.4) is 0 Å². The highest BCUT2D eigenvalue weighted by atomic mass is 16.5. The fraction of sp³-hybridized carbons (Fsp3) is 0.667. The number of esters is 1. The number of rotatable bonds is 6. The summed E-state index contributed by atoms with van der Waals surface area (Å²) in [5, 5.41) is 19.5. The monoisotopic (exact) mass is 238 g/mol. The molecule has 1 atom stereocenters. The van der Waals surface area contributed by atoms with Crippen molar-refractivity contribution in [3.63, 3.8) is 0 Å². The SMILES string of the molecule is COC(=O)C(N)CCc1nnnn1CCC#N. The summed E-state index contributed by atoms with van der Waals surface area (Å²) < 4.78 is 6.05. The van der Waals surface area contributed by atoms with Crippen LogP contribution in [-0.4, -0.2) is 39.3 Å². The Kier molecular flexibility index (Phi) is 5.03. The van der Waals surface area contributed by atoms with E-state index in [0.717, 1.165) is 0 Å². The minimum atomic E-state index is -0.680. The Balaban J connectivity index is 2.49. The average molecular weight is 238 g/mol. The highest BCUT2D eigenvalue weighted by Gasteiger charge is 2.15. The molecule has 92 valence electrons. The summed E-state index contributed by atoms with van der Waals surface area (Å²) in [6.45, 7) is 0.437. The lowest BCUT2D eigenvalue weighted by molar-refractivity contribution is -0.142. The van der Waals surface area contributed by atoms with E-state index in [1.54, 1.807) is 0 Å². The van der Waals surface area contributed by atoms with Crippen LogP contribution >= 0.6 is 0 Å². The van der Waals surface area contributed by atoms with E-state index in [9.17, 15) is 4.79 Å². The molecule has 1 rings (SSSR count). The first kappa shape index (κ1) is 13.1. The first-order chi connectivity index (χ1) is 8.19. The molecular weight excluding hydrogens is 224 g/mol.